The lowest BCUT2D eigenvalue weighted by molar-refractivity contribution is 0.0691. The molecular weight excluding hydrogens is 246 g/mol. The quantitative estimate of drug-likeness (QED) is 0.787. The Kier molecular flexibility index (Phi) is 5.69. The minimum Gasteiger partial charge on any atom is -0.476 e. The van der Waals surface area contributed by atoms with Crippen molar-refractivity contribution < 1.29 is 14.6 Å². The van der Waals surface area contributed by atoms with Crippen molar-refractivity contribution in [3.8, 4) is 0 Å². The summed E-state index contributed by atoms with van der Waals surface area (Å²) in [6.07, 6.45) is 2.32. The third-order valence-corrected chi connectivity index (χ3v) is 2.68. The lowest BCUT2D eigenvalue weighted by Crippen LogP contribution is -2.20. The Morgan fingerprint density at radius 3 is 2.68 bits per heavy atom. The fraction of sp³-hybridized carbons (Fsp3) is 0.615. The van der Waals surface area contributed by atoms with Gasteiger partial charge in [-0.25, -0.2) is 14.8 Å². The smallest absolute Gasteiger partial charge is 0.356 e. The van der Waals surface area contributed by atoms with Gasteiger partial charge in [0.25, 0.3) is 0 Å². The molecule has 0 aliphatic heterocycles. The van der Waals surface area contributed by atoms with Crippen molar-refractivity contribution >= 4 is 11.7 Å². The van der Waals surface area contributed by atoms with E-state index >= 15 is 0 Å². The standard InChI is InChI=1S/C13H21N3O3/c1-8(2)12-14-7-10(11(16-12)13(17)18)15-9(3)5-6-19-4/h7-9,15H,5-6H2,1-4H3,(H,17,18). The van der Waals surface area contributed by atoms with Crippen LogP contribution in [0.2, 0.25) is 0 Å². The summed E-state index contributed by atoms with van der Waals surface area (Å²) in [6, 6.07) is 0.0894. The molecule has 0 fully saturated rings. The average Bonchev–Trinajstić information content (AvgIpc) is 2.36. The fourth-order valence-corrected chi connectivity index (χ4v) is 1.57. The second-order valence-electron chi connectivity index (χ2n) is 4.78. The number of nitrogens with zero attached hydrogens (tertiary/aromatic N) is 2. The molecule has 0 amide bonds. The van der Waals surface area contributed by atoms with Crippen molar-refractivity contribution in [2.45, 2.75) is 39.2 Å². The summed E-state index contributed by atoms with van der Waals surface area (Å²) < 4.78 is 4.99. The van der Waals surface area contributed by atoms with Gasteiger partial charge in [0.2, 0.25) is 0 Å². The number of methoxy groups -OCH3 is 1. The van der Waals surface area contributed by atoms with Crippen molar-refractivity contribution in [3.05, 3.63) is 17.7 Å². The molecule has 1 atom stereocenters. The third kappa shape index (κ3) is 4.48. The highest BCUT2D eigenvalue weighted by molar-refractivity contribution is 5.91. The first-order chi connectivity index (χ1) is 8.95. The van der Waals surface area contributed by atoms with Crippen LogP contribution in [0.15, 0.2) is 6.20 Å². The van der Waals surface area contributed by atoms with Crippen molar-refractivity contribution in [2.24, 2.45) is 0 Å². The molecule has 1 heterocycles. The van der Waals surface area contributed by atoms with Crippen LogP contribution in [0.1, 0.15) is 49.4 Å². The van der Waals surface area contributed by atoms with E-state index in [9.17, 15) is 9.90 Å². The van der Waals surface area contributed by atoms with E-state index in [0.717, 1.165) is 6.42 Å². The van der Waals surface area contributed by atoms with Gasteiger partial charge in [-0.05, 0) is 13.3 Å². The van der Waals surface area contributed by atoms with E-state index in [1.54, 1.807) is 7.11 Å². The molecule has 0 aliphatic carbocycles. The minimum absolute atomic E-state index is 0.0166. The van der Waals surface area contributed by atoms with E-state index in [0.29, 0.717) is 18.1 Å². The van der Waals surface area contributed by atoms with Gasteiger partial charge in [-0.2, -0.15) is 0 Å². The number of anilines is 1. The zero-order valence-corrected chi connectivity index (χ0v) is 11.8. The topological polar surface area (TPSA) is 84.3 Å². The summed E-state index contributed by atoms with van der Waals surface area (Å²) in [4.78, 5) is 19.5. The van der Waals surface area contributed by atoms with Gasteiger partial charge >= 0.3 is 5.97 Å². The number of hydrogen-bond donors (Lipinski definition) is 2. The molecule has 0 aliphatic rings. The molecule has 1 rings (SSSR count). The monoisotopic (exact) mass is 267 g/mol. The first-order valence-electron chi connectivity index (χ1n) is 6.31. The highest BCUT2D eigenvalue weighted by Gasteiger charge is 2.16. The largest absolute Gasteiger partial charge is 0.476 e. The molecule has 0 bridgehead atoms. The number of carbonyl (C=O) groups is 1. The van der Waals surface area contributed by atoms with Crippen LogP contribution >= 0.6 is 0 Å². The summed E-state index contributed by atoms with van der Waals surface area (Å²) >= 11 is 0. The lowest BCUT2D eigenvalue weighted by Gasteiger charge is -2.16. The number of ether oxygens (including phenoxy) is 1. The molecule has 6 nitrogen and oxygen atoms in total. The summed E-state index contributed by atoms with van der Waals surface area (Å²) in [5.74, 6) is -0.420. The number of rotatable bonds is 7. The number of carboxylic acids is 1. The van der Waals surface area contributed by atoms with E-state index in [4.69, 9.17) is 4.74 Å². The first-order valence-corrected chi connectivity index (χ1v) is 6.31. The predicted octanol–water partition coefficient (Wildman–Crippen LogP) is 2.14. The number of aromatic carboxylic acids is 1. The molecule has 0 radical (unpaired) electrons. The van der Waals surface area contributed by atoms with E-state index in [1.165, 1.54) is 6.20 Å². The van der Waals surface area contributed by atoms with E-state index in [-0.39, 0.29) is 17.7 Å². The zero-order chi connectivity index (χ0) is 14.4. The normalized spacial score (nSPS) is 12.5. The van der Waals surface area contributed by atoms with Crippen LogP contribution in [0.3, 0.4) is 0 Å². The van der Waals surface area contributed by atoms with E-state index in [1.807, 2.05) is 20.8 Å². The molecule has 0 aromatic carbocycles. The Balaban J connectivity index is 2.91. The predicted molar refractivity (Wildman–Crippen MR) is 72.7 cm³/mol. The van der Waals surface area contributed by atoms with Gasteiger partial charge in [0.15, 0.2) is 5.69 Å². The molecule has 0 saturated carbocycles. The van der Waals surface area contributed by atoms with E-state index in [2.05, 4.69) is 15.3 Å². The highest BCUT2D eigenvalue weighted by atomic mass is 16.5. The van der Waals surface area contributed by atoms with Crippen molar-refractivity contribution in [1.29, 1.82) is 0 Å². The first kappa shape index (κ1) is 15.4. The second kappa shape index (κ2) is 7.04. The zero-order valence-electron chi connectivity index (χ0n) is 11.8. The van der Waals surface area contributed by atoms with Crippen LogP contribution in [-0.2, 0) is 4.74 Å². The maximum Gasteiger partial charge on any atom is 0.356 e. The molecule has 1 aromatic heterocycles. The van der Waals surface area contributed by atoms with Gasteiger partial charge in [-0.3, -0.25) is 0 Å². The van der Waals surface area contributed by atoms with Crippen LogP contribution in [0, 0.1) is 0 Å². The molecule has 0 saturated heterocycles. The van der Waals surface area contributed by atoms with Gasteiger partial charge < -0.3 is 15.2 Å². The molecule has 0 spiro atoms. The van der Waals surface area contributed by atoms with Crippen molar-refractivity contribution in [3.63, 3.8) is 0 Å². The van der Waals surface area contributed by atoms with Crippen LogP contribution in [0.4, 0.5) is 5.69 Å². The van der Waals surface area contributed by atoms with Crippen LogP contribution in [0.25, 0.3) is 0 Å². The Hall–Kier alpha value is -1.69. The maximum atomic E-state index is 11.2. The van der Waals surface area contributed by atoms with Crippen LogP contribution in [0.5, 0.6) is 0 Å². The summed E-state index contributed by atoms with van der Waals surface area (Å²) in [7, 11) is 1.63. The van der Waals surface area contributed by atoms with Crippen molar-refractivity contribution in [1.82, 2.24) is 9.97 Å². The van der Waals surface area contributed by atoms with E-state index < -0.39 is 5.97 Å². The molecule has 19 heavy (non-hydrogen) atoms. The molecule has 106 valence electrons. The van der Waals surface area contributed by atoms with Crippen molar-refractivity contribution in [2.75, 3.05) is 19.0 Å². The number of carboxylic acid groups (broad SMARTS) is 1. The lowest BCUT2D eigenvalue weighted by atomic mass is 10.2. The molecule has 2 N–H and O–H groups in total. The van der Waals surface area contributed by atoms with Gasteiger partial charge in [0.1, 0.15) is 5.82 Å². The Morgan fingerprint density at radius 1 is 1.47 bits per heavy atom. The fourth-order valence-electron chi connectivity index (χ4n) is 1.57. The number of aromatic nitrogens is 2. The SMILES string of the molecule is COCCC(C)Nc1cnc(C(C)C)nc1C(=O)O. The second-order valence-corrected chi connectivity index (χ2v) is 4.78. The third-order valence-electron chi connectivity index (χ3n) is 2.68. The summed E-state index contributed by atoms with van der Waals surface area (Å²) in [5.41, 5.74) is 0.462. The Bertz CT molecular complexity index is 435. The summed E-state index contributed by atoms with van der Waals surface area (Å²) in [5, 5.41) is 12.3. The van der Waals surface area contributed by atoms with Gasteiger partial charge in [0.05, 0.1) is 11.9 Å². The summed E-state index contributed by atoms with van der Waals surface area (Å²) in [6.45, 7) is 6.42. The minimum atomic E-state index is -1.05. The van der Waals surface area contributed by atoms with Crippen LogP contribution < -0.4 is 5.32 Å². The Labute approximate surface area is 113 Å². The number of nitrogens with one attached hydrogen (secondary N) is 1. The Morgan fingerprint density at radius 2 is 2.16 bits per heavy atom. The molecule has 1 aromatic rings. The molecule has 1 unspecified atom stereocenters. The average molecular weight is 267 g/mol. The van der Waals surface area contributed by atoms with Gasteiger partial charge in [-0.15, -0.1) is 0 Å². The molecule has 6 heteroatoms. The molecular formula is C13H21N3O3. The van der Waals surface area contributed by atoms with Crippen LogP contribution in [-0.4, -0.2) is 40.8 Å². The highest BCUT2D eigenvalue weighted by Crippen LogP contribution is 2.17. The van der Waals surface area contributed by atoms with Gasteiger partial charge in [-0.1, -0.05) is 13.8 Å². The number of hydrogen-bond acceptors (Lipinski definition) is 5. The van der Waals surface area contributed by atoms with Gasteiger partial charge in [0, 0.05) is 25.7 Å². The maximum absolute atomic E-state index is 11.2.